The van der Waals surface area contributed by atoms with E-state index >= 15 is 0 Å². The van der Waals surface area contributed by atoms with E-state index in [2.05, 4.69) is 41.2 Å². The number of likely N-dealkylation sites (N-methyl/N-ethyl adjacent to an activating group) is 10. The SMILES string of the molecule is CNC(=O)[C@@H]([C@H](O)[C@H](C)CC1=NC(=O)CC(=O)N1CCN(C)C)N(C)C.CNC(=O)[C@@H]([C@H](O)[C@H](C)CC1=NC(C(=O)N(C)C)CS1)N(C)C.CNC(=O)[C@@H]([C@H](O)[C@H](C)CC1=NC(C(=O)O)CS1)N(C)C.CNC(=O)[C@@H]([C@H](O)[C@H](C)CC1=NC(C(N)=O)CS1)N(C)C. The highest BCUT2D eigenvalue weighted by Gasteiger charge is 2.39. The molecule has 0 aromatic rings. The molecular formula is C58H106N16O14S3. The molecular weight excluding hydrogens is 1240 g/mol. The molecule has 3 unspecified atom stereocenters. The van der Waals surface area contributed by atoms with Gasteiger partial charge in [0.1, 0.15) is 48.5 Å². The fraction of sp³-hybridized carbons (Fsp3) is 0.776. The zero-order valence-corrected chi connectivity index (χ0v) is 59.3. The van der Waals surface area contributed by atoms with Crippen LogP contribution in [-0.2, 0) is 43.2 Å². The van der Waals surface area contributed by atoms with Gasteiger partial charge in [0.15, 0.2) is 6.04 Å². The topological polar surface area (TPSA) is 401 Å². The third-order valence-electron chi connectivity index (χ3n) is 15.3. The zero-order chi connectivity index (χ0) is 70.1. The van der Waals surface area contributed by atoms with Gasteiger partial charge in [-0.25, -0.2) is 4.79 Å². The second-order valence-electron chi connectivity index (χ2n) is 24.2. The number of hydrogen-bond acceptors (Lipinski definition) is 24. The Labute approximate surface area is 550 Å². The van der Waals surface area contributed by atoms with Gasteiger partial charge in [0.05, 0.1) is 39.5 Å². The Hall–Kier alpha value is -5.20. The summed E-state index contributed by atoms with van der Waals surface area (Å²) >= 11 is 4.44. The van der Waals surface area contributed by atoms with Crippen LogP contribution in [0.25, 0.3) is 0 Å². The number of primary amides is 1. The molecule has 11 N–H and O–H groups in total. The maximum absolute atomic E-state index is 12.2. The number of hydrogen-bond donors (Lipinski definition) is 10. The van der Waals surface area contributed by atoms with Crippen LogP contribution >= 0.6 is 35.3 Å². The van der Waals surface area contributed by atoms with Crippen molar-refractivity contribution in [3.8, 4) is 0 Å². The van der Waals surface area contributed by atoms with Crippen molar-refractivity contribution < 1.29 is 68.7 Å². The Balaban J connectivity index is 0.000000609. The molecule has 15 atom stereocenters. The van der Waals surface area contributed by atoms with Crippen LogP contribution in [0.15, 0.2) is 20.0 Å². The number of aliphatic hydroxyl groups excluding tert-OH is 4. The average Bonchev–Trinajstić information content (AvgIpc) is 1.56. The molecule has 0 fully saturated rings. The van der Waals surface area contributed by atoms with Crippen LogP contribution in [0.3, 0.4) is 0 Å². The second-order valence-corrected chi connectivity index (χ2v) is 27.5. The van der Waals surface area contributed by atoms with Crippen molar-refractivity contribution in [2.75, 3.05) is 143 Å². The summed E-state index contributed by atoms with van der Waals surface area (Å²) in [7, 11) is 27.3. The largest absolute Gasteiger partial charge is 0.480 e. The molecule has 0 aromatic heterocycles. The number of aliphatic hydroxyl groups is 4. The van der Waals surface area contributed by atoms with Gasteiger partial charge >= 0.3 is 5.97 Å². The highest BCUT2D eigenvalue weighted by atomic mass is 32.2. The highest BCUT2D eigenvalue weighted by molar-refractivity contribution is 8.14. The van der Waals surface area contributed by atoms with E-state index in [0.717, 1.165) is 15.1 Å². The van der Waals surface area contributed by atoms with Crippen molar-refractivity contribution in [2.24, 2.45) is 49.4 Å². The predicted molar refractivity (Wildman–Crippen MR) is 359 cm³/mol. The van der Waals surface area contributed by atoms with E-state index in [-0.39, 0.29) is 78.0 Å². The number of amidine groups is 1. The summed E-state index contributed by atoms with van der Waals surface area (Å²) in [6, 6.07) is -4.12. The molecule has 520 valence electrons. The molecule has 0 radical (unpaired) electrons. The standard InChI is InChI=1S/C17H31N5O4.C15H28N4O3S.C13H24N4O3S.C13H23N3O4S/c1-11(16(25)15(21(5)6)17(26)18-2)9-12-19-13(23)10-14(24)22(12)8-7-20(3)4;1-9(13(20)12(18(3)4)14(21)16-2)7-11-17-10(8-23-11)15(22)19(5)6;1-7(5-9-16-8(6-21-9)12(14)19)11(18)10(17(3)4)13(20)15-2;1-7(5-9-15-8(6-21-9)13(19)20)11(17)10(16(3)4)12(18)14-2/h11,15-16,25H,7-10H2,1-6H3,(H,18,26);9-10,12-13,20H,7-8H2,1-6H3,(H,16,21);7-8,10-11,18H,5-6H2,1-4H3,(H2,14,19)(H,15,20);7-8,10-11,17H,5-6H2,1-4H3,(H,14,18)(H,19,20)/t11-,15-,16-;9-,10?,12-,13-;2*7-,8?,10-,11-/m1111/s1. The molecule has 0 bridgehead atoms. The Morgan fingerprint density at radius 2 is 0.835 bits per heavy atom. The maximum Gasteiger partial charge on any atom is 0.329 e. The number of thioether (sulfide) groups is 3. The van der Waals surface area contributed by atoms with Crippen molar-refractivity contribution in [1.29, 1.82) is 0 Å². The summed E-state index contributed by atoms with van der Waals surface area (Å²) in [6.07, 6.45) is -1.91. The van der Waals surface area contributed by atoms with Gasteiger partial charge in [0.25, 0.3) is 5.91 Å². The molecule has 0 spiro atoms. The van der Waals surface area contributed by atoms with E-state index in [1.165, 1.54) is 42.5 Å². The molecule has 30 nitrogen and oxygen atoms in total. The first-order valence-corrected chi connectivity index (χ1v) is 32.9. The van der Waals surface area contributed by atoms with Crippen molar-refractivity contribution in [3.05, 3.63) is 0 Å². The number of carbonyl (C=O) groups excluding carboxylic acids is 8. The fourth-order valence-corrected chi connectivity index (χ4v) is 13.3. The number of nitrogens with one attached hydrogen (secondary N) is 4. The van der Waals surface area contributed by atoms with Crippen molar-refractivity contribution in [3.63, 3.8) is 0 Å². The normalized spacial score (nSPS) is 21.2. The van der Waals surface area contributed by atoms with Crippen LogP contribution in [0, 0.1) is 23.7 Å². The Kier molecular flexibility index (Phi) is 37.6. The molecule has 0 aromatic carbocycles. The van der Waals surface area contributed by atoms with E-state index in [9.17, 15) is 63.6 Å². The van der Waals surface area contributed by atoms with E-state index in [1.807, 2.05) is 39.8 Å². The summed E-state index contributed by atoms with van der Waals surface area (Å²) < 4.78 is 0. The molecule has 4 aliphatic rings. The van der Waals surface area contributed by atoms with Gasteiger partial charge < -0.3 is 62.3 Å². The summed E-state index contributed by atoms with van der Waals surface area (Å²) in [4.78, 5) is 134. The minimum atomic E-state index is -0.976. The molecule has 4 heterocycles. The lowest BCUT2D eigenvalue weighted by atomic mass is 9.92. The monoisotopic (exact) mass is 1350 g/mol. The van der Waals surface area contributed by atoms with E-state index in [4.69, 9.17) is 10.8 Å². The maximum atomic E-state index is 12.2. The lowest BCUT2D eigenvalue weighted by Crippen LogP contribution is -2.53. The molecule has 91 heavy (non-hydrogen) atoms. The van der Waals surface area contributed by atoms with Gasteiger partial charge in [-0.1, -0.05) is 27.7 Å². The van der Waals surface area contributed by atoms with Crippen molar-refractivity contribution in [2.45, 2.75) is 127 Å². The third kappa shape index (κ3) is 27.0. The number of rotatable bonds is 30. The first kappa shape index (κ1) is 83.8. The lowest BCUT2D eigenvalue weighted by Gasteiger charge is -2.34. The molecule has 4 aliphatic heterocycles. The number of carbonyl (C=O) groups is 9. The second kappa shape index (κ2) is 40.8. The van der Waals surface area contributed by atoms with Gasteiger partial charge in [-0.3, -0.25) is 77.8 Å². The number of aliphatic carboxylic acids is 1. The van der Waals surface area contributed by atoms with Crippen molar-refractivity contribution in [1.82, 2.24) is 55.6 Å². The van der Waals surface area contributed by atoms with Crippen LogP contribution in [0.5, 0.6) is 0 Å². The lowest BCUT2D eigenvalue weighted by molar-refractivity contribution is -0.138. The molecule has 4 rings (SSSR count). The van der Waals surface area contributed by atoms with Crippen LogP contribution in [0.1, 0.15) is 59.8 Å². The Bertz CT molecular complexity index is 2480. The number of aliphatic imine (C=N–C) groups is 4. The Morgan fingerprint density at radius 3 is 1.11 bits per heavy atom. The van der Waals surface area contributed by atoms with Crippen molar-refractivity contribution >= 4 is 109 Å². The summed E-state index contributed by atoms with van der Waals surface area (Å²) in [5.74, 6) is -1.98. The summed E-state index contributed by atoms with van der Waals surface area (Å²) in [5.41, 5.74) is 5.23. The number of nitrogens with two attached hydrogens (primary N) is 1. The van der Waals surface area contributed by atoms with Crippen LogP contribution in [0.2, 0.25) is 0 Å². The number of amides is 8. The number of carboxylic acids is 1. The van der Waals surface area contributed by atoms with Gasteiger partial charge in [-0.2, -0.15) is 4.99 Å². The van der Waals surface area contributed by atoms with Crippen LogP contribution < -0.4 is 27.0 Å². The quantitative estimate of drug-likeness (QED) is 0.0323. The first-order valence-electron chi connectivity index (χ1n) is 29.9. The van der Waals surface area contributed by atoms with Gasteiger partial charge in [0, 0.05) is 98.3 Å². The predicted octanol–water partition coefficient (Wildman–Crippen LogP) is -2.88. The van der Waals surface area contributed by atoms with E-state index in [1.54, 1.807) is 128 Å². The zero-order valence-electron chi connectivity index (χ0n) is 56.9. The van der Waals surface area contributed by atoms with E-state index < -0.39 is 78.5 Å². The number of nitrogens with zero attached hydrogens (tertiary/aromatic N) is 11. The average molecular weight is 1350 g/mol. The van der Waals surface area contributed by atoms with Gasteiger partial charge in [0.2, 0.25) is 41.4 Å². The molecule has 0 saturated heterocycles. The minimum absolute atomic E-state index is 0.00256. The highest BCUT2D eigenvalue weighted by Crippen LogP contribution is 2.29. The molecule has 0 saturated carbocycles. The van der Waals surface area contributed by atoms with Crippen LogP contribution in [-0.4, -0.2) is 344 Å². The van der Waals surface area contributed by atoms with E-state index in [0.29, 0.717) is 55.4 Å². The molecule has 33 heteroatoms. The Morgan fingerprint density at radius 1 is 0.527 bits per heavy atom. The third-order valence-corrected chi connectivity index (χ3v) is 18.6. The van der Waals surface area contributed by atoms with Gasteiger partial charge in [-0.15, -0.1) is 35.3 Å². The van der Waals surface area contributed by atoms with Crippen LogP contribution in [0.4, 0.5) is 0 Å². The minimum Gasteiger partial charge on any atom is -0.480 e. The molecule has 8 amide bonds. The summed E-state index contributed by atoms with van der Waals surface area (Å²) in [5, 5.41) is 63.6. The number of carboxylic acid groups (broad SMARTS) is 1. The van der Waals surface area contributed by atoms with Gasteiger partial charge in [-0.05, 0) is 94.1 Å². The smallest absolute Gasteiger partial charge is 0.329 e. The molecule has 0 aliphatic carbocycles. The first-order chi connectivity index (χ1) is 42.3. The fourth-order valence-electron chi connectivity index (χ4n) is 9.84. The summed E-state index contributed by atoms with van der Waals surface area (Å²) in [6.45, 7) is 8.43.